The maximum absolute atomic E-state index is 6.32. The summed E-state index contributed by atoms with van der Waals surface area (Å²) in [6.45, 7) is 4.32. The van der Waals surface area contributed by atoms with E-state index in [2.05, 4.69) is 28.0 Å². The third-order valence-electron chi connectivity index (χ3n) is 5.45. The topological polar surface area (TPSA) is 54.6 Å². The van der Waals surface area contributed by atoms with Crippen LogP contribution in [0, 0.1) is 5.92 Å². The fourth-order valence-electron chi connectivity index (χ4n) is 4.32. The lowest BCUT2D eigenvalue weighted by Crippen LogP contribution is -2.61. The van der Waals surface area contributed by atoms with Gasteiger partial charge in [-0.1, -0.05) is 23.5 Å². The number of para-hydroxylation sites is 1. The minimum Gasteiger partial charge on any atom is -0.335 e. The molecule has 6 rings (SSSR count). The number of nitrogens with two attached hydrogens (primary N) is 1. The van der Waals surface area contributed by atoms with Gasteiger partial charge in [0.15, 0.2) is 11.5 Å². The van der Waals surface area contributed by atoms with Crippen LogP contribution in [0.3, 0.4) is 0 Å². The van der Waals surface area contributed by atoms with Crippen LogP contribution >= 0.6 is 11.3 Å². The summed E-state index contributed by atoms with van der Waals surface area (Å²) in [4.78, 5) is 9.44. The van der Waals surface area contributed by atoms with Crippen molar-refractivity contribution in [1.82, 2.24) is 9.88 Å². The second-order valence-corrected chi connectivity index (χ2v) is 7.72. The van der Waals surface area contributed by atoms with Crippen molar-refractivity contribution in [1.29, 1.82) is 0 Å². The van der Waals surface area contributed by atoms with Gasteiger partial charge in [0.1, 0.15) is 5.60 Å². The smallest absolute Gasteiger partial charge is 0.189 e. The molecule has 1 spiro atoms. The highest BCUT2D eigenvalue weighted by Crippen LogP contribution is 2.44. The first-order valence-corrected chi connectivity index (χ1v) is 8.83. The van der Waals surface area contributed by atoms with E-state index >= 15 is 0 Å². The van der Waals surface area contributed by atoms with Crippen molar-refractivity contribution in [3.8, 4) is 0 Å². The Kier molecular flexibility index (Phi) is 2.80. The second kappa shape index (κ2) is 4.64. The molecule has 5 heterocycles. The van der Waals surface area contributed by atoms with Gasteiger partial charge in [-0.15, -0.1) is 0 Å². The number of ether oxygens (including phenoxy) is 1. The summed E-state index contributed by atoms with van der Waals surface area (Å²) < 4.78 is 7.52. The Morgan fingerprint density at radius 3 is 2.77 bits per heavy atom. The van der Waals surface area contributed by atoms with E-state index in [0.29, 0.717) is 5.92 Å². The lowest BCUT2D eigenvalue weighted by molar-refractivity contribution is -0.137. The van der Waals surface area contributed by atoms with E-state index in [-0.39, 0.29) is 12.0 Å². The van der Waals surface area contributed by atoms with Gasteiger partial charge in [-0.3, -0.25) is 5.73 Å². The molecule has 4 aliphatic rings. The molecule has 2 unspecified atom stereocenters. The molecule has 4 fully saturated rings. The van der Waals surface area contributed by atoms with Crippen molar-refractivity contribution in [2.24, 2.45) is 11.7 Å². The first-order valence-electron chi connectivity index (χ1n) is 8.01. The zero-order chi connectivity index (χ0) is 14.7. The average molecular weight is 316 g/mol. The standard InChI is InChI=1S/C16H20N4OS/c17-14-20(15-18-12-3-1-2-4-13(12)22-15)10-16(21-14)9-19-7-5-11(16)6-8-19/h1-4,11,14H,5-10,17H2. The highest BCUT2D eigenvalue weighted by atomic mass is 32.1. The van der Waals surface area contributed by atoms with E-state index in [9.17, 15) is 0 Å². The van der Waals surface area contributed by atoms with Gasteiger partial charge in [0.05, 0.1) is 16.8 Å². The Bertz CT molecular complexity index is 678. The summed E-state index contributed by atoms with van der Waals surface area (Å²) in [5, 5.41) is 0.988. The zero-order valence-electron chi connectivity index (χ0n) is 12.4. The van der Waals surface area contributed by atoms with Gasteiger partial charge in [0.2, 0.25) is 0 Å². The lowest BCUT2D eigenvalue weighted by atomic mass is 9.75. The SMILES string of the molecule is NC1OC2(CN3CCC2CC3)CN1c1nc2ccccc2s1. The average Bonchev–Trinajstić information content (AvgIpc) is 3.09. The normalized spacial score (nSPS) is 37.5. The highest BCUT2D eigenvalue weighted by molar-refractivity contribution is 7.22. The molecule has 0 saturated carbocycles. The van der Waals surface area contributed by atoms with Gasteiger partial charge in [-0.2, -0.15) is 0 Å². The van der Waals surface area contributed by atoms with E-state index in [1.807, 2.05) is 6.07 Å². The Balaban J connectivity index is 1.48. The summed E-state index contributed by atoms with van der Waals surface area (Å²) in [6.07, 6.45) is 2.10. The van der Waals surface area contributed by atoms with Gasteiger partial charge in [0.25, 0.3) is 0 Å². The van der Waals surface area contributed by atoms with Gasteiger partial charge >= 0.3 is 0 Å². The van der Waals surface area contributed by atoms with Gasteiger partial charge < -0.3 is 14.5 Å². The third-order valence-corrected chi connectivity index (χ3v) is 6.53. The molecule has 4 aliphatic heterocycles. The van der Waals surface area contributed by atoms with Crippen molar-refractivity contribution in [3.05, 3.63) is 24.3 Å². The molecule has 0 radical (unpaired) electrons. The van der Waals surface area contributed by atoms with E-state index < -0.39 is 0 Å². The molecule has 116 valence electrons. The van der Waals surface area contributed by atoms with Crippen molar-refractivity contribution in [2.45, 2.75) is 24.8 Å². The number of thiazole rings is 1. The molecule has 22 heavy (non-hydrogen) atoms. The number of fused-ring (bicyclic) bond motifs is 3. The minimum atomic E-state index is -0.374. The predicted molar refractivity (Wildman–Crippen MR) is 87.9 cm³/mol. The highest BCUT2D eigenvalue weighted by Gasteiger charge is 2.54. The number of anilines is 1. The first-order chi connectivity index (χ1) is 10.7. The summed E-state index contributed by atoms with van der Waals surface area (Å²) in [6, 6.07) is 8.26. The Morgan fingerprint density at radius 2 is 2.05 bits per heavy atom. The first kappa shape index (κ1) is 13.2. The number of piperidine rings is 3. The number of aromatic nitrogens is 1. The Labute approximate surface area is 133 Å². The van der Waals surface area contributed by atoms with Crippen LogP contribution in [-0.4, -0.2) is 48.0 Å². The fraction of sp³-hybridized carbons (Fsp3) is 0.562. The van der Waals surface area contributed by atoms with Gasteiger partial charge in [0, 0.05) is 6.54 Å². The largest absolute Gasteiger partial charge is 0.335 e. The molecule has 0 amide bonds. The van der Waals surface area contributed by atoms with E-state index in [0.717, 1.165) is 23.7 Å². The van der Waals surface area contributed by atoms with Crippen LogP contribution in [0.2, 0.25) is 0 Å². The van der Waals surface area contributed by atoms with Crippen molar-refractivity contribution in [2.75, 3.05) is 31.1 Å². The minimum absolute atomic E-state index is 0.0895. The summed E-state index contributed by atoms with van der Waals surface area (Å²) >= 11 is 1.71. The number of rotatable bonds is 1. The molecule has 1 aromatic heterocycles. The van der Waals surface area contributed by atoms with Crippen molar-refractivity contribution in [3.63, 3.8) is 0 Å². The van der Waals surface area contributed by atoms with Crippen LogP contribution in [0.5, 0.6) is 0 Å². The second-order valence-electron chi connectivity index (χ2n) is 6.72. The van der Waals surface area contributed by atoms with Gasteiger partial charge in [-0.05, 0) is 44.0 Å². The molecule has 0 aliphatic carbocycles. The fourth-order valence-corrected chi connectivity index (χ4v) is 5.31. The molecule has 5 nitrogen and oxygen atoms in total. The third kappa shape index (κ3) is 1.84. The van der Waals surface area contributed by atoms with Crippen LogP contribution in [0.4, 0.5) is 5.13 Å². The number of benzene rings is 1. The molecule has 2 N–H and O–H groups in total. The Hall–Kier alpha value is -1.21. The van der Waals surface area contributed by atoms with E-state index in [1.54, 1.807) is 11.3 Å². The molecule has 6 heteroatoms. The quantitative estimate of drug-likeness (QED) is 0.870. The van der Waals surface area contributed by atoms with Crippen LogP contribution in [-0.2, 0) is 4.74 Å². The molecule has 2 aromatic rings. The number of nitrogens with zero attached hydrogens (tertiary/aromatic N) is 3. The van der Waals surface area contributed by atoms with Crippen LogP contribution in [0.25, 0.3) is 10.2 Å². The summed E-state index contributed by atoms with van der Waals surface area (Å²) in [5.41, 5.74) is 7.28. The Morgan fingerprint density at radius 1 is 1.23 bits per heavy atom. The number of hydrogen-bond acceptors (Lipinski definition) is 6. The maximum atomic E-state index is 6.32. The molecule has 4 saturated heterocycles. The number of hydrogen-bond donors (Lipinski definition) is 1. The zero-order valence-corrected chi connectivity index (χ0v) is 13.3. The van der Waals surface area contributed by atoms with Crippen LogP contribution < -0.4 is 10.6 Å². The molecule has 2 bridgehead atoms. The molecular formula is C16H20N4OS. The monoisotopic (exact) mass is 316 g/mol. The van der Waals surface area contributed by atoms with E-state index in [4.69, 9.17) is 15.5 Å². The molecule has 1 aromatic carbocycles. The summed E-state index contributed by atoms with van der Waals surface area (Å²) in [5.74, 6) is 0.642. The van der Waals surface area contributed by atoms with Crippen molar-refractivity contribution < 1.29 is 4.74 Å². The molecule has 2 atom stereocenters. The lowest BCUT2D eigenvalue weighted by Gasteiger charge is -2.50. The maximum Gasteiger partial charge on any atom is 0.189 e. The summed E-state index contributed by atoms with van der Waals surface area (Å²) in [7, 11) is 0. The molecular weight excluding hydrogens is 296 g/mol. The predicted octanol–water partition coefficient (Wildman–Crippen LogP) is 1.84. The van der Waals surface area contributed by atoms with Crippen molar-refractivity contribution >= 4 is 26.7 Å². The van der Waals surface area contributed by atoms with Crippen LogP contribution in [0.15, 0.2) is 24.3 Å². The van der Waals surface area contributed by atoms with Gasteiger partial charge in [-0.25, -0.2) is 4.98 Å². The van der Waals surface area contributed by atoms with Crippen LogP contribution in [0.1, 0.15) is 12.8 Å². The van der Waals surface area contributed by atoms with E-state index in [1.165, 1.54) is 30.6 Å².